The number of carboxylic acids is 1. The van der Waals surface area contributed by atoms with Gasteiger partial charge in [-0.2, -0.15) is 0 Å². The molecular weight excluding hydrogens is 268 g/mol. The third kappa shape index (κ3) is 3.02. The molecule has 0 spiro atoms. The molecule has 7 heteroatoms. The van der Waals surface area contributed by atoms with E-state index < -0.39 is 12.0 Å². The van der Waals surface area contributed by atoms with Crippen molar-refractivity contribution in [3.8, 4) is 0 Å². The Morgan fingerprint density at radius 3 is 2.37 bits per heavy atom. The molecule has 0 saturated carbocycles. The highest BCUT2D eigenvalue weighted by Gasteiger charge is 2.38. The van der Waals surface area contributed by atoms with E-state index in [0.717, 1.165) is 0 Å². The van der Waals surface area contributed by atoms with Crippen molar-refractivity contribution < 1.29 is 19.5 Å². The number of thioether (sulfide) groups is 1. The second-order valence-corrected chi connectivity index (χ2v) is 5.94. The summed E-state index contributed by atoms with van der Waals surface area (Å²) in [6.45, 7) is 2.70. The van der Waals surface area contributed by atoms with Gasteiger partial charge in [0.2, 0.25) is 11.8 Å². The summed E-state index contributed by atoms with van der Waals surface area (Å²) < 4.78 is 0. The number of aliphatic carboxylic acids is 1. The molecule has 0 aromatic carbocycles. The van der Waals surface area contributed by atoms with Crippen LogP contribution in [0.4, 0.5) is 0 Å². The third-order valence-corrected chi connectivity index (χ3v) is 4.75. The van der Waals surface area contributed by atoms with Crippen molar-refractivity contribution in [2.24, 2.45) is 5.92 Å². The molecule has 0 aromatic rings. The smallest absolute Gasteiger partial charge is 0.327 e. The third-order valence-electron chi connectivity index (χ3n) is 3.74. The lowest BCUT2D eigenvalue weighted by atomic mass is 9.95. The van der Waals surface area contributed by atoms with E-state index >= 15 is 0 Å². The summed E-state index contributed by atoms with van der Waals surface area (Å²) in [5.41, 5.74) is 0. The first-order valence-electron chi connectivity index (χ1n) is 6.37. The Balaban J connectivity index is 1.94. The highest BCUT2D eigenvalue weighted by atomic mass is 32.2. The summed E-state index contributed by atoms with van der Waals surface area (Å²) in [4.78, 5) is 37.8. The van der Waals surface area contributed by atoms with E-state index in [2.05, 4.69) is 0 Å². The first kappa shape index (κ1) is 14.2. The van der Waals surface area contributed by atoms with Crippen molar-refractivity contribution in [2.45, 2.75) is 25.8 Å². The van der Waals surface area contributed by atoms with Crippen molar-refractivity contribution >= 4 is 29.5 Å². The first-order chi connectivity index (χ1) is 9.00. The average Bonchev–Trinajstić information content (AvgIpc) is 2.87. The number of hydrogen-bond donors (Lipinski definition) is 1. The van der Waals surface area contributed by atoms with Crippen LogP contribution in [0.2, 0.25) is 0 Å². The Hall–Kier alpha value is -1.24. The molecule has 2 aliphatic heterocycles. The predicted octanol–water partition coefficient (Wildman–Crippen LogP) is 0.231. The minimum Gasteiger partial charge on any atom is -0.480 e. The van der Waals surface area contributed by atoms with Crippen LogP contribution < -0.4 is 0 Å². The summed E-state index contributed by atoms with van der Waals surface area (Å²) in [5, 5.41) is 9.09. The van der Waals surface area contributed by atoms with Crippen molar-refractivity contribution in [3.05, 3.63) is 0 Å². The van der Waals surface area contributed by atoms with E-state index in [0.29, 0.717) is 37.6 Å². The lowest BCUT2D eigenvalue weighted by Gasteiger charge is -2.33. The van der Waals surface area contributed by atoms with E-state index in [1.54, 1.807) is 4.90 Å². The number of carbonyl (C=O) groups excluding carboxylic acids is 2. The number of piperidine rings is 1. The summed E-state index contributed by atoms with van der Waals surface area (Å²) in [7, 11) is 0. The molecule has 0 aromatic heterocycles. The van der Waals surface area contributed by atoms with E-state index in [1.165, 1.54) is 23.6 Å². The molecule has 0 bridgehead atoms. The second kappa shape index (κ2) is 5.81. The fourth-order valence-corrected chi connectivity index (χ4v) is 3.70. The molecule has 2 saturated heterocycles. The standard InChI is InChI=1S/C12H18N2O4S/c1-8(15)13-4-2-9(3-5-13)11(16)14-7-19-6-10(14)12(17)18/h9-10H,2-7H2,1H3,(H,17,18)/t10-/m0/s1. The Kier molecular flexibility index (Phi) is 4.34. The Morgan fingerprint density at radius 1 is 1.21 bits per heavy atom. The maximum absolute atomic E-state index is 12.3. The lowest BCUT2D eigenvalue weighted by Crippen LogP contribution is -2.47. The summed E-state index contributed by atoms with van der Waals surface area (Å²) in [5.74, 6) is -0.182. The van der Waals surface area contributed by atoms with Crippen LogP contribution in [0.1, 0.15) is 19.8 Å². The number of rotatable bonds is 2. The van der Waals surface area contributed by atoms with Gasteiger partial charge in [0.25, 0.3) is 0 Å². The first-order valence-corrected chi connectivity index (χ1v) is 7.52. The molecule has 2 aliphatic rings. The molecule has 1 N–H and O–H groups in total. The molecule has 0 unspecified atom stereocenters. The van der Waals surface area contributed by atoms with Gasteiger partial charge in [-0.15, -0.1) is 11.8 Å². The molecule has 19 heavy (non-hydrogen) atoms. The van der Waals surface area contributed by atoms with Crippen molar-refractivity contribution in [1.82, 2.24) is 9.80 Å². The lowest BCUT2D eigenvalue weighted by molar-refractivity contribution is -0.150. The van der Waals surface area contributed by atoms with Gasteiger partial charge in [0.15, 0.2) is 0 Å². The van der Waals surface area contributed by atoms with Gasteiger partial charge < -0.3 is 14.9 Å². The van der Waals surface area contributed by atoms with E-state index in [9.17, 15) is 14.4 Å². The summed E-state index contributed by atoms with van der Waals surface area (Å²) in [6, 6.07) is -0.691. The molecule has 1 atom stereocenters. The Labute approximate surface area is 116 Å². The monoisotopic (exact) mass is 286 g/mol. The number of carbonyl (C=O) groups is 3. The average molecular weight is 286 g/mol. The Morgan fingerprint density at radius 2 is 1.84 bits per heavy atom. The van der Waals surface area contributed by atoms with Gasteiger partial charge in [0.05, 0.1) is 5.88 Å². The molecule has 2 fully saturated rings. The summed E-state index contributed by atoms with van der Waals surface area (Å²) in [6.07, 6.45) is 1.26. The minimum absolute atomic E-state index is 0.0334. The van der Waals surface area contributed by atoms with Gasteiger partial charge in [-0.25, -0.2) is 4.79 Å². The van der Waals surface area contributed by atoms with Crippen LogP contribution >= 0.6 is 11.8 Å². The van der Waals surface area contributed by atoms with Gasteiger partial charge >= 0.3 is 5.97 Å². The van der Waals surface area contributed by atoms with Crippen LogP contribution in [0.15, 0.2) is 0 Å². The van der Waals surface area contributed by atoms with Crippen LogP contribution in [-0.4, -0.2) is 63.5 Å². The van der Waals surface area contributed by atoms with Crippen LogP contribution in [0.25, 0.3) is 0 Å². The van der Waals surface area contributed by atoms with Gasteiger partial charge in [-0.05, 0) is 12.8 Å². The number of amides is 2. The predicted molar refractivity (Wildman–Crippen MR) is 70.6 cm³/mol. The number of nitrogens with zero attached hydrogens (tertiary/aromatic N) is 2. The quantitative estimate of drug-likeness (QED) is 0.786. The Bertz CT molecular complexity index is 393. The van der Waals surface area contributed by atoms with E-state index in [4.69, 9.17) is 5.11 Å². The van der Waals surface area contributed by atoms with Crippen LogP contribution in [0, 0.1) is 5.92 Å². The van der Waals surface area contributed by atoms with Crippen molar-refractivity contribution in [2.75, 3.05) is 24.7 Å². The molecule has 0 radical (unpaired) electrons. The number of likely N-dealkylation sites (tertiary alicyclic amines) is 1. The highest BCUT2D eigenvalue weighted by Crippen LogP contribution is 2.27. The van der Waals surface area contributed by atoms with Crippen LogP contribution in [-0.2, 0) is 14.4 Å². The van der Waals surface area contributed by atoms with E-state index in [1.807, 2.05) is 0 Å². The maximum atomic E-state index is 12.3. The summed E-state index contributed by atoms with van der Waals surface area (Å²) >= 11 is 1.48. The molecule has 6 nitrogen and oxygen atoms in total. The van der Waals surface area contributed by atoms with Crippen LogP contribution in [0.3, 0.4) is 0 Å². The van der Waals surface area contributed by atoms with Gasteiger partial charge in [0, 0.05) is 31.7 Å². The maximum Gasteiger partial charge on any atom is 0.327 e. The highest BCUT2D eigenvalue weighted by molar-refractivity contribution is 7.99. The number of hydrogen-bond acceptors (Lipinski definition) is 4. The topological polar surface area (TPSA) is 77.9 Å². The molecule has 106 valence electrons. The fraction of sp³-hybridized carbons (Fsp3) is 0.750. The zero-order chi connectivity index (χ0) is 14.0. The second-order valence-electron chi connectivity index (χ2n) is 4.94. The molecular formula is C12H18N2O4S. The van der Waals surface area contributed by atoms with Crippen molar-refractivity contribution in [3.63, 3.8) is 0 Å². The molecule has 2 rings (SSSR count). The van der Waals surface area contributed by atoms with Crippen LogP contribution in [0.5, 0.6) is 0 Å². The SMILES string of the molecule is CC(=O)N1CCC(C(=O)N2CSC[C@H]2C(=O)O)CC1. The normalized spacial score (nSPS) is 24.6. The largest absolute Gasteiger partial charge is 0.480 e. The fourth-order valence-electron chi connectivity index (χ4n) is 2.54. The van der Waals surface area contributed by atoms with E-state index in [-0.39, 0.29) is 17.7 Å². The zero-order valence-electron chi connectivity index (χ0n) is 10.9. The van der Waals surface area contributed by atoms with Gasteiger partial charge in [0.1, 0.15) is 6.04 Å². The number of carboxylic acid groups (broad SMARTS) is 1. The van der Waals surface area contributed by atoms with Gasteiger partial charge in [-0.3, -0.25) is 9.59 Å². The molecule has 2 heterocycles. The zero-order valence-corrected chi connectivity index (χ0v) is 11.7. The van der Waals surface area contributed by atoms with Gasteiger partial charge in [-0.1, -0.05) is 0 Å². The minimum atomic E-state index is -0.931. The molecule has 2 amide bonds. The molecule has 0 aliphatic carbocycles. The van der Waals surface area contributed by atoms with Crippen molar-refractivity contribution in [1.29, 1.82) is 0 Å².